The Hall–Kier alpha value is -3.56. The van der Waals surface area contributed by atoms with Crippen molar-refractivity contribution in [2.24, 2.45) is 5.73 Å². The van der Waals surface area contributed by atoms with Crippen molar-refractivity contribution in [1.82, 2.24) is 10.6 Å². The van der Waals surface area contributed by atoms with E-state index in [9.17, 15) is 24.3 Å². The fourth-order valence-electron chi connectivity index (χ4n) is 3.34. The van der Waals surface area contributed by atoms with Crippen LogP contribution in [-0.2, 0) is 16.0 Å². The van der Waals surface area contributed by atoms with E-state index >= 15 is 0 Å². The van der Waals surface area contributed by atoms with Crippen LogP contribution in [0.4, 0.5) is 4.79 Å². The number of primary amides is 1. The number of fused-ring (bicyclic) bond motifs is 1. The molecule has 31 heavy (non-hydrogen) atoms. The van der Waals surface area contributed by atoms with Gasteiger partial charge in [0.15, 0.2) is 0 Å². The minimum atomic E-state index is -1.18. The predicted molar refractivity (Wildman–Crippen MR) is 113 cm³/mol. The van der Waals surface area contributed by atoms with E-state index in [-0.39, 0.29) is 18.4 Å². The number of carboxylic acid groups (broad SMARTS) is 1. The molecule has 0 fully saturated rings. The van der Waals surface area contributed by atoms with Crippen LogP contribution in [0.2, 0.25) is 0 Å². The molecular weight excluding hydrogens is 406 g/mol. The number of benzene rings is 1. The summed E-state index contributed by atoms with van der Waals surface area (Å²) < 4.78 is 10.7. The van der Waals surface area contributed by atoms with Gasteiger partial charge in [0.1, 0.15) is 17.4 Å². The van der Waals surface area contributed by atoms with Gasteiger partial charge in [0.05, 0.1) is 19.1 Å². The highest BCUT2D eigenvalue weighted by Crippen LogP contribution is 2.29. The summed E-state index contributed by atoms with van der Waals surface area (Å²) in [5, 5.41) is 14.9. The molecule has 0 aliphatic carbocycles. The van der Waals surface area contributed by atoms with E-state index in [2.05, 4.69) is 10.6 Å². The van der Waals surface area contributed by atoms with Crippen molar-refractivity contribution in [3.05, 3.63) is 39.2 Å². The van der Waals surface area contributed by atoms with Crippen molar-refractivity contribution in [1.29, 1.82) is 0 Å². The Kier molecular flexibility index (Phi) is 8.00. The van der Waals surface area contributed by atoms with Crippen LogP contribution >= 0.6 is 0 Å². The molecule has 1 heterocycles. The van der Waals surface area contributed by atoms with Crippen molar-refractivity contribution in [3.63, 3.8) is 0 Å². The second-order valence-corrected chi connectivity index (χ2v) is 7.18. The third-order valence-corrected chi connectivity index (χ3v) is 5.06. The molecule has 0 spiro atoms. The zero-order valence-corrected chi connectivity index (χ0v) is 17.7. The molecule has 0 aliphatic rings. The first-order valence-electron chi connectivity index (χ1n) is 9.81. The van der Waals surface area contributed by atoms with E-state index in [1.54, 1.807) is 26.0 Å². The van der Waals surface area contributed by atoms with Gasteiger partial charge in [0.2, 0.25) is 5.91 Å². The van der Waals surface area contributed by atoms with E-state index in [1.807, 2.05) is 0 Å². The summed E-state index contributed by atoms with van der Waals surface area (Å²) in [4.78, 5) is 47.1. The number of carbonyl (C=O) groups excluding carboxylic acids is 2. The van der Waals surface area contributed by atoms with Crippen LogP contribution in [0.25, 0.3) is 11.0 Å². The van der Waals surface area contributed by atoms with Gasteiger partial charge in [-0.3, -0.25) is 4.79 Å². The molecule has 0 saturated heterocycles. The first kappa shape index (κ1) is 23.7. The van der Waals surface area contributed by atoms with Crippen molar-refractivity contribution in [2.45, 2.75) is 45.6 Å². The maximum Gasteiger partial charge on any atom is 0.340 e. The number of amides is 3. The highest BCUT2D eigenvalue weighted by atomic mass is 16.5. The SMILES string of the molecule is COc1ccc2c(C)c(CC(=O)N[C@H](CCCCNC(N)=O)C(=O)O)c(=O)oc2c1C. The van der Waals surface area contributed by atoms with Crippen LogP contribution in [0.5, 0.6) is 5.75 Å². The molecule has 0 radical (unpaired) electrons. The van der Waals surface area contributed by atoms with Gasteiger partial charge >= 0.3 is 17.6 Å². The topological polar surface area (TPSA) is 161 Å². The molecule has 10 nitrogen and oxygen atoms in total. The standard InChI is InChI=1S/C21H27N3O7/c1-11-13-7-8-16(30-3)12(2)18(13)31-20(28)14(11)10-17(25)24-15(19(26)27)6-4-5-9-23-21(22)29/h7-8,15H,4-6,9-10H2,1-3H3,(H,24,25)(H,26,27)(H3,22,23,29)/t15-/m1/s1. The molecule has 1 atom stereocenters. The number of rotatable bonds is 10. The van der Waals surface area contributed by atoms with Gasteiger partial charge in [-0.15, -0.1) is 0 Å². The van der Waals surface area contributed by atoms with Gasteiger partial charge in [-0.05, 0) is 50.8 Å². The van der Waals surface area contributed by atoms with E-state index < -0.39 is 29.6 Å². The second kappa shape index (κ2) is 10.5. The number of hydrogen-bond acceptors (Lipinski definition) is 6. The number of methoxy groups -OCH3 is 1. The molecule has 1 aromatic heterocycles. The van der Waals surface area contributed by atoms with Gasteiger partial charge in [-0.2, -0.15) is 0 Å². The summed E-state index contributed by atoms with van der Waals surface area (Å²) in [6, 6.07) is 1.74. The fourth-order valence-corrected chi connectivity index (χ4v) is 3.34. The van der Waals surface area contributed by atoms with Gasteiger partial charge in [0, 0.05) is 17.5 Å². The molecular formula is C21H27N3O7. The van der Waals surface area contributed by atoms with Crippen LogP contribution in [0.15, 0.2) is 21.3 Å². The largest absolute Gasteiger partial charge is 0.496 e. The highest BCUT2D eigenvalue weighted by Gasteiger charge is 2.22. The van der Waals surface area contributed by atoms with Crippen molar-refractivity contribution < 1.29 is 28.6 Å². The molecule has 3 amide bonds. The first-order valence-corrected chi connectivity index (χ1v) is 9.81. The number of carboxylic acids is 1. The number of aryl methyl sites for hydroxylation is 2. The molecule has 0 unspecified atom stereocenters. The molecule has 0 saturated carbocycles. The molecule has 2 aromatic rings. The fraction of sp³-hybridized carbons (Fsp3) is 0.429. The van der Waals surface area contributed by atoms with Crippen LogP contribution < -0.4 is 26.7 Å². The number of aliphatic carboxylic acids is 1. The summed E-state index contributed by atoms with van der Waals surface area (Å²) in [6.07, 6.45) is 0.836. The number of nitrogens with one attached hydrogen (secondary N) is 2. The normalized spacial score (nSPS) is 11.7. The molecule has 168 valence electrons. The number of hydrogen-bond donors (Lipinski definition) is 4. The number of carbonyl (C=O) groups is 3. The van der Waals surface area contributed by atoms with E-state index in [0.29, 0.717) is 47.2 Å². The Labute approximate surface area is 178 Å². The lowest BCUT2D eigenvalue weighted by atomic mass is 10.0. The average molecular weight is 433 g/mol. The van der Waals surface area contributed by atoms with Gasteiger partial charge in [-0.25, -0.2) is 14.4 Å². The summed E-state index contributed by atoms with van der Waals surface area (Å²) in [5.74, 6) is -1.19. The van der Waals surface area contributed by atoms with Gasteiger partial charge in [0.25, 0.3) is 0 Å². The van der Waals surface area contributed by atoms with E-state index in [4.69, 9.17) is 14.9 Å². The van der Waals surface area contributed by atoms with Gasteiger partial charge < -0.3 is 30.6 Å². The highest BCUT2D eigenvalue weighted by molar-refractivity contribution is 5.88. The second-order valence-electron chi connectivity index (χ2n) is 7.18. The van der Waals surface area contributed by atoms with Crippen LogP contribution in [0.3, 0.4) is 0 Å². The maximum absolute atomic E-state index is 12.5. The van der Waals surface area contributed by atoms with Crippen LogP contribution in [-0.4, -0.2) is 42.7 Å². The Morgan fingerprint density at radius 2 is 1.90 bits per heavy atom. The summed E-state index contributed by atoms with van der Waals surface area (Å²) in [6.45, 7) is 3.80. The molecule has 2 rings (SSSR count). The third-order valence-electron chi connectivity index (χ3n) is 5.06. The quantitative estimate of drug-likeness (QED) is 0.325. The molecule has 10 heteroatoms. The Morgan fingerprint density at radius 3 is 2.52 bits per heavy atom. The van der Waals surface area contributed by atoms with Crippen molar-refractivity contribution in [2.75, 3.05) is 13.7 Å². The smallest absolute Gasteiger partial charge is 0.340 e. The number of nitrogens with two attached hydrogens (primary N) is 1. The molecule has 0 bridgehead atoms. The molecule has 0 aliphatic heterocycles. The minimum Gasteiger partial charge on any atom is -0.496 e. The lowest BCUT2D eigenvalue weighted by molar-refractivity contribution is -0.142. The minimum absolute atomic E-state index is 0.171. The van der Waals surface area contributed by atoms with Crippen molar-refractivity contribution >= 4 is 28.9 Å². The monoisotopic (exact) mass is 433 g/mol. The zero-order chi connectivity index (χ0) is 23.1. The van der Waals surface area contributed by atoms with Crippen LogP contribution in [0, 0.1) is 13.8 Å². The Morgan fingerprint density at radius 1 is 1.19 bits per heavy atom. The number of urea groups is 1. The first-order chi connectivity index (χ1) is 14.6. The Balaban J connectivity index is 2.12. The summed E-state index contributed by atoms with van der Waals surface area (Å²) >= 11 is 0. The van der Waals surface area contributed by atoms with Crippen molar-refractivity contribution in [3.8, 4) is 5.75 Å². The molecule has 1 aromatic carbocycles. The lowest BCUT2D eigenvalue weighted by Crippen LogP contribution is -2.42. The molecule has 5 N–H and O–H groups in total. The van der Waals surface area contributed by atoms with E-state index in [0.717, 1.165) is 0 Å². The summed E-state index contributed by atoms with van der Waals surface area (Å²) in [7, 11) is 1.52. The third kappa shape index (κ3) is 5.97. The Bertz CT molecular complexity index is 1050. The van der Waals surface area contributed by atoms with Gasteiger partial charge in [-0.1, -0.05) is 0 Å². The van der Waals surface area contributed by atoms with Crippen LogP contribution in [0.1, 0.15) is 36.0 Å². The summed E-state index contributed by atoms with van der Waals surface area (Å²) in [5.41, 5.74) is 6.14. The predicted octanol–water partition coefficient (Wildman–Crippen LogP) is 1.37. The zero-order valence-electron chi connectivity index (χ0n) is 17.7. The van der Waals surface area contributed by atoms with E-state index in [1.165, 1.54) is 7.11 Å². The number of ether oxygens (including phenoxy) is 1. The lowest BCUT2D eigenvalue weighted by Gasteiger charge is -2.15. The maximum atomic E-state index is 12.5. The average Bonchev–Trinajstić information content (AvgIpc) is 2.70. The number of unbranched alkanes of at least 4 members (excludes halogenated alkanes) is 1.